The summed E-state index contributed by atoms with van der Waals surface area (Å²) in [4.78, 5) is 8.77. The van der Waals surface area contributed by atoms with Gasteiger partial charge in [0.25, 0.3) is 0 Å². The monoisotopic (exact) mass is 301 g/mol. The zero-order valence-corrected chi connectivity index (χ0v) is 12.7. The molecule has 0 aliphatic rings. The first-order valence-corrected chi connectivity index (χ1v) is 7.18. The number of rotatable bonds is 4. The standard InChI is InChI=1S/C16H16ClN3O/c1-10-11(2)21-15(20-10)9-18-8-12-5-6-14(17)13-4-3-7-19-16(12)13/h3-7,18H,8-9H2,1-2H3. The van der Waals surface area contributed by atoms with E-state index in [4.69, 9.17) is 16.0 Å². The summed E-state index contributed by atoms with van der Waals surface area (Å²) in [7, 11) is 0. The van der Waals surface area contributed by atoms with Gasteiger partial charge in [-0.25, -0.2) is 4.98 Å². The summed E-state index contributed by atoms with van der Waals surface area (Å²) in [6, 6.07) is 7.78. The van der Waals surface area contributed by atoms with E-state index in [1.54, 1.807) is 6.20 Å². The number of hydrogen-bond acceptors (Lipinski definition) is 4. The second kappa shape index (κ2) is 5.84. The Morgan fingerprint density at radius 2 is 2.05 bits per heavy atom. The Morgan fingerprint density at radius 1 is 1.19 bits per heavy atom. The lowest BCUT2D eigenvalue weighted by atomic mass is 10.1. The van der Waals surface area contributed by atoms with Gasteiger partial charge in [0.2, 0.25) is 5.89 Å². The molecule has 5 heteroatoms. The SMILES string of the molecule is Cc1nc(CNCc2ccc(Cl)c3cccnc23)oc1C. The summed E-state index contributed by atoms with van der Waals surface area (Å²) in [5.74, 6) is 1.57. The lowest BCUT2D eigenvalue weighted by molar-refractivity contribution is 0.449. The number of nitrogens with zero attached hydrogens (tertiary/aromatic N) is 2. The third-order valence-electron chi connectivity index (χ3n) is 3.46. The van der Waals surface area contributed by atoms with Crippen molar-refractivity contribution in [2.75, 3.05) is 0 Å². The summed E-state index contributed by atoms with van der Waals surface area (Å²) in [5.41, 5.74) is 2.97. The van der Waals surface area contributed by atoms with E-state index in [1.807, 2.05) is 38.1 Å². The lowest BCUT2D eigenvalue weighted by Gasteiger charge is -2.07. The van der Waals surface area contributed by atoms with Crippen LogP contribution in [0.25, 0.3) is 10.9 Å². The molecule has 108 valence electrons. The normalized spacial score (nSPS) is 11.2. The molecule has 4 nitrogen and oxygen atoms in total. The molecular formula is C16H16ClN3O. The Balaban J connectivity index is 1.75. The van der Waals surface area contributed by atoms with E-state index in [1.165, 1.54) is 0 Å². The van der Waals surface area contributed by atoms with Crippen molar-refractivity contribution in [3.63, 3.8) is 0 Å². The molecule has 3 rings (SSSR count). The maximum absolute atomic E-state index is 6.19. The molecular weight excluding hydrogens is 286 g/mol. The Bertz CT molecular complexity index is 763. The van der Waals surface area contributed by atoms with E-state index in [-0.39, 0.29) is 0 Å². The van der Waals surface area contributed by atoms with Gasteiger partial charge in [-0.1, -0.05) is 17.7 Å². The summed E-state index contributed by atoms with van der Waals surface area (Å²) >= 11 is 6.19. The number of pyridine rings is 1. The van der Waals surface area contributed by atoms with E-state index >= 15 is 0 Å². The third-order valence-corrected chi connectivity index (χ3v) is 3.79. The van der Waals surface area contributed by atoms with Gasteiger partial charge < -0.3 is 9.73 Å². The van der Waals surface area contributed by atoms with Crippen molar-refractivity contribution in [1.29, 1.82) is 0 Å². The van der Waals surface area contributed by atoms with E-state index in [2.05, 4.69) is 15.3 Å². The molecule has 0 fully saturated rings. The molecule has 1 aromatic carbocycles. The molecule has 0 saturated carbocycles. The highest BCUT2D eigenvalue weighted by atomic mass is 35.5. The summed E-state index contributed by atoms with van der Waals surface area (Å²) in [5, 5.41) is 5.03. The zero-order chi connectivity index (χ0) is 14.8. The predicted molar refractivity (Wildman–Crippen MR) is 83.3 cm³/mol. The average molecular weight is 302 g/mol. The van der Waals surface area contributed by atoms with Crippen LogP contribution in [0.15, 0.2) is 34.9 Å². The largest absolute Gasteiger partial charge is 0.444 e. The molecule has 0 atom stereocenters. The van der Waals surface area contributed by atoms with Crippen molar-refractivity contribution >= 4 is 22.5 Å². The number of benzene rings is 1. The minimum absolute atomic E-state index is 0.589. The molecule has 0 aliphatic carbocycles. The van der Waals surface area contributed by atoms with Crippen LogP contribution in [-0.4, -0.2) is 9.97 Å². The second-order valence-corrected chi connectivity index (χ2v) is 5.37. The predicted octanol–water partition coefficient (Wildman–Crippen LogP) is 3.78. The number of fused-ring (bicyclic) bond motifs is 1. The molecule has 3 aromatic rings. The fourth-order valence-electron chi connectivity index (χ4n) is 2.26. The van der Waals surface area contributed by atoms with Crippen molar-refractivity contribution in [2.24, 2.45) is 0 Å². The molecule has 2 heterocycles. The highest BCUT2D eigenvalue weighted by Gasteiger charge is 2.07. The van der Waals surface area contributed by atoms with Crippen LogP contribution < -0.4 is 5.32 Å². The van der Waals surface area contributed by atoms with Crippen LogP contribution >= 0.6 is 11.6 Å². The highest BCUT2D eigenvalue weighted by molar-refractivity contribution is 6.35. The van der Waals surface area contributed by atoms with Crippen LogP contribution in [0.3, 0.4) is 0 Å². The van der Waals surface area contributed by atoms with E-state index in [0.29, 0.717) is 19.0 Å². The van der Waals surface area contributed by atoms with Gasteiger partial charge in [0.05, 0.1) is 17.8 Å². The summed E-state index contributed by atoms with van der Waals surface area (Å²) in [6.07, 6.45) is 1.78. The molecule has 1 N–H and O–H groups in total. The van der Waals surface area contributed by atoms with E-state index in [9.17, 15) is 0 Å². The first-order valence-electron chi connectivity index (χ1n) is 6.81. The molecule has 0 spiro atoms. The van der Waals surface area contributed by atoms with Gasteiger partial charge in [0.15, 0.2) is 0 Å². The molecule has 0 bridgehead atoms. The Hall–Kier alpha value is -1.91. The maximum atomic E-state index is 6.19. The number of halogens is 1. The topological polar surface area (TPSA) is 51.0 Å². The van der Waals surface area contributed by atoms with Gasteiger partial charge in [0, 0.05) is 23.2 Å². The average Bonchev–Trinajstić information content (AvgIpc) is 2.80. The smallest absolute Gasteiger partial charge is 0.208 e. The molecule has 0 saturated heterocycles. The van der Waals surface area contributed by atoms with Crippen LogP contribution in [0.1, 0.15) is 22.9 Å². The summed E-state index contributed by atoms with van der Waals surface area (Å²) < 4.78 is 5.55. The zero-order valence-electron chi connectivity index (χ0n) is 12.0. The first kappa shape index (κ1) is 14.0. The van der Waals surface area contributed by atoms with E-state index in [0.717, 1.165) is 32.9 Å². The lowest BCUT2D eigenvalue weighted by Crippen LogP contribution is -2.13. The van der Waals surface area contributed by atoms with Crippen LogP contribution in [0, 0.1) is 13.8 Å². The van der Waals surface area contributed by atoms with Gasteiger partial charge in [0.1, 0.15) is 5.76 Å². The number of oxazole rings is 1. The maximum Gasteiger partial charge on any atom is 0.208 e. The van der Waals surface area contributed by atoms with Gasteiger partial charge in [-0.2, -0.15) is 0 Å². The molecule has 0 radical (unpaired) electrons. The number of hydrogen-bond donors (Lipinski definition) is 1. The summed E-state index contributed by atoms with van der Waals surface area (Å²) in [6.45, 7) is 5.14. The quantitative estimate of drug-likeness (QED) is 0.796. The van der Waals surface area contributed by atoms with Crippen molar-refractivity contribution in [2.45, 2.75) is 26.9 Å². The number of aromatic nitrogens is 2. The fraction of sp³-hybridized carbons (Fsp3) is 0.250. The van der Waals surface area contributed by atoms with Gasteiger partial charge >= 0.3 is 0 Å². The fourth-order valence-corrected chi connectivity index (χ4v) is 2.47. The first-order chi connectivity index (χ1) is 10.1. The Labute approximate surface area is 128 Å². The van der Waals surface area contributed by atoms with E-state index < -0.39 is 0 Å². The third kappa shape index (κ3) is 2.91. The molecule has 0 amide bonds. The van der Waals surface area contributed by atoms with Crippen LogP contribution in [-0.2, 0) is 13.1 Å². The van der Waals surface area contributed by atoms with Crippen molar-refractivity contribution in [1.82, 2.24) is 15.3 Å². The minimum Gasteiger partial charge on any atom is -0.444 e. The Morgan fingerprint density at radius 3 is 2.81 bits per heavy atom. The number of nitrogens with one attached hydrogen (secondary N) is 1. The van der Waals surface area contributed by atoms with Gasteiger partial charge in [-0.05, 0) is 37.6 Å². The second-order valence-electron chi connectivity index (χ2n) is 4.96. The molecule has 2 aromatic heterocycles. The van der Waals surface area contributed by atoms with Crippen LogP contribution in [0.5, 0.6) is 0 Å². The molecule has 0 unspecified atom stereocenters. The Kier molecular flexibility index (Phi) is 3.90. The van der Waals surface area contributed by atoms with Crippen molar-refractivity contribution in [3.05, 3.63) is 58.4 Å². The highest BCUT2D eigenvalue weighted by Crippen LogP contribution is 2.24. The number of aryl methyl sites for hydroxylation is 2. The van der Waals surface area contributed by atoms with Crippen LogP contribution in [0.2, 0.25) is 5.02 Å². The van der Waals surface area contributed by atoms with Crippen LogP contribution in [0.4, 0.5) is 0 Å². The molecule has 0 aliphatic heterocycles. The molecule has 21 heavy (non-hydrogen) atoms. The van der Waals surface area contributed by atoms with Gasteiger partial charge in [-0.3, -0.25) is 4.98 Å². The van der Waals surface area contributed by atoms with Crippen molar-refractivity contribution in [3.8, 4) is 0 Å². The van der Waals surface area contributed by atoms with Gasteiger partial charge in [-0.15, -0.1) is 0 Å². The minimum atomic E-state index is 0.589. The van der Waals surface area contributed by atoms with Crippen molar-refractivity contribution < 1.29 is 4.42 Å².